The van der Waals surface area contributed by atoms with E-state index in [1.807, 2.05) is 30.5 Å². The van der Waals surface area contributed by atoms with Gasteiger partial charge >= 0.3 is 5.97 Å². The summed E-state index contributed by atoms with van der Waals surface area (Å²) >= 11 is 0. The Kier molecular flexibility index (Phi) is 4.13. The molecule has 1 unspecified atom stereocenters. The lowest BCUT2D eigenvalue weighted by Crippen LogP contribution is -2.38. The van der Waals surface area contributed by atoms with E-state index >= 15 is 0 Å². The molecule has 5 nitrogen and oxygen atoms in total. The minimum Gasteiger partial charge on any atom is -0.452 e. The molecule has 0 aliphatic carbocycles. The van der Waals surface area contributed by atoms with E-state index in [0.29, 0.717) is 0 Å². The Balaban J connectivity index is 1.61. The van der Waals surface area contributed by atoms with Crippen LogP contribution in [0.4, 0.5) is 0 Å². The molecule has 1 saturated heterocycles. The number of aromatic amines is 1. The summed E-state index contributed by atoms with van der Waals surface area (Å²) < 4.78 is 5.30. The second kappa shape index (κ2) is 6.22. The summed E-state index contributed by atoms with van der Waals surface area (Å²) in [5.41, 5.74) is 1.88. The topological polar surface area (TPSA) is 62.4 Å². The lowest BCUT2D eigenvalue weighted by Gasteiger charge is -2.20. The van der Waals surface area contributed by atoms with E-state index < -0.39 is 6.10 Å². The number of hydrogen-bond donors (Lipinski definition) is 1. The maximum absolute atomic E-state index is 12.1. The SMILES string of the molecule is CC(OC(=O)Cc1c[nH]c2ccccc12)C(=O)N1CCCC1. The van der Waals surface area contributed by atoms with Crippen molar-refractivity contribution in [3.8, 4) is 0 Å². The highest BCUT2D eigenvalue weighted by molar-refractivity contribution is 5.88. The van der Waals surface area contributed by atoms with Gasteiger partial charge in [0, 0.05) is 30.2 Å². The highest BCUT2D eigenvalue weighted by atomic mass is 16.5. The van der Waals surface area contributed by atoms with Crippen LogP contribution < -0.4 is 0 Å². The van der Waals surface area contributed by atoms with Crippen molar-refractivity contribution in [2.45, 2.75) is 32.3 Å². The number of esters is 1. The number of fused-ring (bicyclic) bond motifs is 1. The van der Waals surface area contributed by atoms with Gasteiger partial charge in [-0.2, -0.15) is 0 Å². The van der Waals surface area contributed by atoms with Crippen LogP contribution in [0.3, 0.4) is 0 Å². The van der Waals surface area contributed by atoms with Gasteiger partial charge in [0.2, 0.25) is 0 Å². The van der Waals surface area contributed by atoms with Gasteiger partial charge in [-0.3, -0.25) is 9.59 Å². The quantitative estimate of drug-likeness (QED) is 0.881. The number of rotatable bonds is 4. The van der Waals surface area contributed by atoms with Crippen molar-refractivity contribution < 1.29 is 14.3 Å². The predicted octanol–water partition coefficient (Wildman–Crippen LogP) is 2.26. The number of carbonyl (C=O) groups is 2. The number of aromatic nitrogens is 1. The van der Waals surface area contributed by atoms with Gasteiger partial charge in [-0.1, -0.05) is 18.2 Å². The number of likely N-dealkylation sites (tertiary alicyclic amines) is 1. The maximum Gasteiger partial charge on any atom is 0.311 e. The molecule has 5 heteroatoms. The Bertz CT molecular complexity index is 686. The van der Waals surface area contributed by atoms with Gasteiger partial charge in [0.15, 0.2) is 6.10 Å². The molecule has 2 aromatic rings. The number of hydrogen-bond acceptors (Lipinski definition) is 3. The number of benzene rings is 1. The Morgan fingerprint density at radius 3 is 2.77 bits per heavy atom. The normalized spacial score (nSPS) is 16.0. The van der Waals surface area contributed by atoms with Crippen molar-refractivity contribution in [2.24, 2.45) is 0 Å². The molecule has 1 fully saturated rings. The number of para-hydroxylation sites is 1. The summed E-state index contributed by atoms with van der Waals surface area (Å²) in [6.45, 7) is 3.18. The minimum atomic E-state index is -0.712. The van der Waals surface area contributed by atoms with E-state index in [9.17, 15) is 9.59 Å². The molecule has 1 aromatic heterocycles. The fourth-order valence-corrected chi connectivity index (χ4v) is 2.92. The standard InChI is InChI=1S/C17H20N2O3/c1-12(17(21)19-8-4-5-9-19)22-16(20)10-13-11-18-15-7-3-2-6-14(13)15/h2-3,6-7,11-12,18H,4-5,8-10H2,1H3. The molecule has 1 aliphatic rings. The highest BCUT2D eigenvalue weighted by Crippen LogP contribution is 2.19. The smallest absolute Gasteiger partial charge is 0.311 e. The predicted molar refractivity (Wildman–Crippen MR) is 83.4 cm³/mol. The zero-order valence-corrected chi connectivity index (χ0v) is 12.7. The van der Waals surface area contributed by atoms with Crippen LogP contribution in [-0.2, 0) is 20.7 Å². The molecule has 1 amide bonds. The molecule has 0 spiro atoms. The van der Waals surface area contributed by atoms with Crippen molar-refractivity contribution in [1.29, 1.82) is 0 Å². The second-order valence-corrected chi connectivity index (χ2v) is 5.70. The molecule has 0 saturated carbocycles. The average Bonchev–Trinajstić information content (AvgIpc) is 3.17. The Morgan fingerprint density at radius 1 is 1.27 bits per heavy atom. The third-order valence-electron chi connectivity index (χ3n) is 4.08. The summed E-state index contributed by atoms with van der Waals surface area (Å²) in [6, 6.07) is 7.80. The third-order valence-corrected chi connectivity index (χ3v) is 4.08. The summed E-state index contributed by atoms with van der Waals surface area (Å²) in [5, 5.41) is 1.01. The van der Waals surface area contributed by atoms with Crippen LogP contribution in [0.1, 0.15) is 25.3 Å². The van der Waals surface area contributed by atoms with Crippen LogP contribution in [0.2, 0.25) is 0 Å². The number of H-pyrrole nitrogens is 1. The van der Waals surface area contributed by atoms with Crippen LogP contribution in [0.15, 0.2) is 30.5 Å². The number of nitrogens with one attached hydrogen (secondary N) is 1. The van der Waals surface area contributed by atoms with Gasteiger partial charge in [0.05, 0.1) is 6.42 Å². The first kappa shape index (κ1) is 14.6. The third kappa shape index (κ3) is 2.98. The molecule has 0 radical (unpaired) electrons. The lowest BCUT2D eigenvalue weighted by molar-refractivity contribution is -0.158. The molecular weight excluding hydrogens is 280 g/mol. The number of amides is 1. The van der Waals surface area contributed by atoms with Gasteiger partial charge in [-0.25, -0.2) is 0 Å². The molecule has 3 rings (SSSR count). The molecule has 116 valence electrons. The molecule has 1 atom stereocenters. The summed E-state index contributed by atoms with van der Waals surface area (Å²) in [7, 11) is 0. The van der Waals surface area contributed by atoms with E-state index in [0.717, 1.165) is 42.4 Å². The number of ether oxygens (including phenoxy) is 1. The molecule has 2 heterocycles. The summed E-state index contributed by atoms with van der Waals surface area (Å²) in [4.78, 5) is 29.1. The van der Waals surface area contributed by atoms with Crippen molar-refractivity contribution in [1.82, 2.24) is 9.88 Å². The first-order valence-corrected chi connectivity index (χ1v) is 7.68. The first-order chi connectivity index (χ1) is 10.6. The minimum absolute atomic E-state index is 0.0928. The van der Waals surface area contributed by atoms with Gasteiger partial charge in [0.1, 0.15) is 0 Å². The van der Waals surface area contributed by atoms with Gasteiger partial charge in [-0.05, 0) is 31.4 Å². The van der Waals surface area contributed by atoms with E-state index in [1.54, 1.807) is 11.8 Å². The molecule has 1 N–H and O–H groups in total. The van der Waals surface area contributed by atoms with Crippen molar-refractivity contribution in [3.63, 3.8) is 0 Å². The van der Waals surface area contributed by atoms with Crippen LogP contribution in [0.5, 0.6) is 0 Å². The van der Waals surface area contributed by atoms with E-state index in [4.69, 9.17) is 4.74 Å². The fraction of sp³-hybridized carbons (Fsp3) is 0.412. The van der Waals surface area contributed by atoms with Crippen LogP contribution in [-0.4, -0.2) is 41.0 Å². The Morgan fingerprint density at radius 2 is 2.00 bits per heavy atom. The number of nitrogens with zero attached hydrogens (tertiary/aromatic N) is 1. The largest absolute Gasteiger partial charge is 0.452 e. The monoisotopic (exact) mass is 300 g/mol. The fourth-order valence-electron chi connectivity index (χ4n) is 2.92. The Labute approximate surface area is 129 Å². The van der Waals surface area contributed by atoms with Gasteiger partial charge in [-0.15, -0.1) is 0 Å². The lowest BCUT2D eigenvalue weighted by atomic mass is 10.1. The molecule has 0 bridgehead atoms. The van der Waals surface area contributed by atoms with Gasteiger partial charge < -0.3 is 14.6 Å². The van der Waals surface area contributed by atoms with Crippen molar-refractivity contribution in [2.75, 3.05) is 13.1 Å². The first-order valence-electron chi connectivity index (χ1n) is 7.68. The maximum atomic E-state index is 12.1. The zero-order chi connectivity index (χ0) is 15.5. The van der Waals surface area contributed by atoms with E-state index in [2.05, 4.69) is 4.98 Å². The van der Waals surface area contributed by atoms with Crippen LogP contribution >= 0.6 is 0 Å². The van der Waals surface area contributed by atoms with Gasteiger partial charge in [0.25, 0.3) is 5.91 Å². The Hall–Kier alpha value is -2.30. The molecule has 1 aliphatic heterocycles. The zero-order valence-electron chi connectivity index (χ0n) is 12.7. The summed E-state index contributed by atoms with van der Waals surface area (Å²) in [6.07, 6.45) is 3.33. The van der Waals surface area contributed by atoms with E-state index in [-0.39, 0.29) is 18.3 Å². The van der Waals surface area contributed by atoms with Crippen LogP contribution in [0.25, 0.3) is 10.9 Å². The molecule has 1 aromatic carbocycles. The van der Waals surface area contributed by atoms with Crippen LogP contribution in [0, 0.1) is 0 Å². The number of carbonyl (C=O) groups excluding carboxylic acids is 2. The summed E-state index contributed by atoms with van der Waals surface area (Å²) in [5.74, 6) is -0.463. The highest BCUT2D eigenvalue weighted by Gasteiger charge is 2.26. The van der Waals surface area contributed by atoms with Crippen molar-refractivity contribution >= 4 is 22.8 Å². The second-order valence-electron chi connectivity index (χ2n) is 5.70. The molecule has 22 heavy (non-hydrogen) atoms. The van der Waals surface area contributed by atoms with Crippen molar-refractivity contribution in [3.05, 3.63) is 36.0 Å². The molecular formula is C17H20N2O3. The average molecular weight is 300 g/mol. The van der Waals surface area contributed by atoms with E-state index in [1.165, 1.54) is 0 Å².